The molecule has 0 aliphatic heterocycles. The largest absolute Gasteiger partial charge is 0.493 e. The van der Waals surface area contributed by atoms with Crippen LogP contribution in [0.15, 0.2) is 42.5 Å². The second-order valence-electron chi connectivity index (χ2n) is 4.77. The summed E-state index contributed by atoms with van der Waals surface area (Å²) in [6, 6.07) is 12.4. The molecule has 116 valence electrons. The summed E-state index contributed by atoms with van der Waals surface area (Å²) in [6.07, 6.45) is 0. The van der Waals surface area contributed by atoms with Crippen LogP contribution in [0, 0.1) is 6.92 Å². The summed E-state index contributed by atoms with van der Waals surface area (Å²) in [5.41, 5.74) is 1.66. The van der Waals surface area contributed by atoms with Crippen molar-refractivity contribution in [3.8, 4) is 11.5 Å². The van der Waals surface area contributed by atoms with Crippen LogP contribution in [0.3, 0.4) is 0 Å². The van der Waals surface area contributed by atoms with Gasteiger partial charge in [0.1, 0.15) is 6.61 Å². The van der Waals surface area contributed by atoms with E-state index in [2.05, 4.69) is 5.32 Å². The van der Waals surface area contributed by atoms with Crippen LogP contribution >= 0.6 is 11.6 Å². The minimum atomic E-state index is -0.156. The number of hydrogen-bond donors (Lipinski definition) is 1. The van der Waals surface area contributed by atoms with Crippen LogP contribution in [0.4, 0.5) is 0 Å². The summed E-state index contributed by atoms with van der Waals surface area (Å²) in [5, 5.41) is 3.39. The van der Waals surface area contributed by atoms with Gasteiger partial charge in [0.2, 0.25) is 0 Å². The lowest BCUT2D eigenvalue weighted by Crippen LogP contribution is -2.28. The lowest BCUT2D eigenvalue weighted by atomic mass is 10.2. The molecular formula is C17H18ClNO3. The first-order valence-corrected chi connectivity index (χ1v) is 7.29. The van der Waals surface area contributed by atoms with Crippen LogP contribution in [-0.4, -0.2) is 26.2 Å². The third-order valence-corrected chi connectivity index (χ3v) is 3.32. The molecule has 2 rings (SSSR count). The molecule has 0 atom stereocenters. The highest BCUT2D eigenvalue weighted by Crippen LogP contribution is 2.27. The van der Waals surface area contributed by atoms with E-state index in [1.807, 2.05) is 25.1 Å². The maximum atomic E-state index is 11.9. The molecule has 0 aliphatic carbocycles. The van der Waals surface area contributed by atoms with Gasteiger partial charge >= 0.3 is 0 Å². The normalized spacial score (nSPS) is 10.1. The lowest BCUT2D eigenvalue weighted by molar-refractivity contribution is 0.0947. The van der Waals surface area contributed by atoms with Crippen molar-refractivity contribution >= 4 is 17.5 Å². The highest BCUT2D eigenvalue weighted by atomic mass is 35.5. The fourth-order valence-electron chi connectivity index (χ4n) is 1.92. The number of aryl methyl sites for hydroxylation is 1. The number of benzene rings is 2. The molecule has 0 aromatic heterocycles. The van der Waals surface area contributed by atoms with Crippen molar-refractivity contribution in [1.82, 2.24) is 5.32 Å². The lowest BCUT2D eigenvalue weighted by Gasteiger charge is -2.11. The van der Waals surface area contributed by atoms with Crippen molar-refractivity contribution in [3.05, 3.63) is 58.6 Å². The molecule has 0 spiro atoms. The first kappa shape index (κ1) is 16.2. The highest BCUT2D eigenvalue weighted by Gasteiger charge is 2.06. The first-order valence-electron chi connectivity index (χ1n) is 6.91. The second kappa shape index (κ2) is 7.71. The average Bonchev–Trinajstić information content (AvgIpc) is 2.53. The number of carbonyl (C=O) groups is 1. The van der Waals surface area contributed by atoms with Crippen molar-refractivity contribution < 1.29 is 14.3 Å². The van der Waals surface area contributed by atoms with Gasteiger partial charge in [0.25, 0.3) is 5.91 Å². The Kier molecular flexibility index (Phi) is 5.67. The van der Waals surface area contributed by atoms with Crippen LogP contribution in [0.2, 0.25) is 5.02 Å². The molecule has 0 saturated heterocycles. The van der Waals surface area contributed by atoms with E-state index in [0.29, 0.717) is 35.2 Å². The molecule has 0 saturated carbocycles. The maximum absolute atomic E-state index is 11.9. The summed E-state index contributed by atoms with van der Waals surface area (Å²) >= 11 is 5.79. The summed E-state index contributed by atoms with van der Waals surface area (Å²) in [7, 11) is 1.60. The van der Waals surface area contributed by atoms with Gasteiger partial charge in [-0.2, -0.15) is 0 Å². The van der Waals surface area contributed by atoms with Gasteiger partial charge < -0.3 is 14.8 Å². The van der Waals surface area contributed by atoms with Crippen LogP contribution in [0.25, 0.3) is 0 Å². The van der Waals surface area contributed by atoms with Crippen LogP contribution in [0.5, 0.6) is 11.5 Å². The van der Waals surface area contributed by atoms with E-state index in [4.69, 9.17) is 21.1 Å². The van der Waals surface area contributed by atoms with Gasteiger partial charge in [-0.25, -0.2) is 0 Å². The number of nitrogens with one attached hydrogen (secondary N) is 1. The van der Waals surface area contributed by atoms with Gasteiger partial charge in [0.15, 0.2) is 11.5 Å². The monoisotopic (exact) mass is 319 g/mol. The van der Waals surface area contributed by atoms with Crippen molar-refractivity contribution in [2.24, 2.45) is 0 Å². The Morgan fingerprint density at radius 1 is 1.14 bits per heavy atom. The third-order valence-electron chi connectivity index (χ3n) is 3.07. The van der Waals surface area contributed by atoms with Gasteiger partial charge in [0, 0.05) is 10.6 Å². The summed E-state index contributed by atoms with van der Waals surface area (Å²) in [6.45, 7) is 2.75. The predicted molar refractivity (Wildman–Crippen MR) is 87.0 cm³/mol. The van der Waals surface area contributed by atoms with Gasteiger partial charge in [-0.3, -0.25) is 4.79 Å². The van der Waals surface area contributed by atoms with Gasteiger partial charge in [-0.15, -0.1) is 0 Å². The number of methoxy groups -OCH3 is 1. The van der Waals surface area contributed by atoms with Crippen LogP contribution in [-0.2, 0) is 0 Å². The minimum Gasteiger partial charge on any atom is -0.493 e. The molecule has 0 radical (unpaired) electrons. The van der Waals surface area contributed by atoms with E-state index >= 15 is 0 Å². The number of hydrogen-bond acceptors (Lipinski definition) is 3. The molecule has 0 aliphatic rings. The summed E-state index contributed by atoms with van der Waals surface area (Å²) in [5.74, 6) is 1.19. The van der Waals surface area contributed by atoms with E-state index in [9.17, 15) is 4.79 Å². The number of halogens is 1. The van der Waals surface area contributed by atoms with E-state index in [0.717, 1.165) is 5.56 Å². The Hall–Kier alpha value is -2.20. The zero-order valence-corrected chi connectivity index (χ0v) is 13.3. The third kappa shape index (κ3) is 4.40. The van der Waals surface area contributed by atoms with Crippen molar-refractivity contribution in [2.75, 3.05) is 20.3 Å². The van der Waals surface area contributed by atoms with E-state index < -0.39 is 0 Å². The number of amides is 1. The summed E-state index contributed by atoms with van der Waals surface area (Å²) < 4.78 is 10.9. The van der Waals surface area contributed by atoms with Crippen molar-refractivity contribution in [2.45, 2.75) is 6.92 Å². The molecule has 2 aromatic carbocycles. The first-order chi connectivity index (χ1) is 10.6. The fourth-order valence-corrected chi connectivity index (χ4v) is 2.05. The Balaban J connectivity index is 1.82. The smallest absolute Gasteiger partial charge is 0.251 e. The Bertz CT molecular complexity index is 641. The maximum Gasteiger partial charge on any atom is 0.251 e. The minimum absolute atomic E-state index is 0.156. The molecule has 0 bridgehead atoms. The molecule has 0 heterocycles. The van der Waals surface area contributed by atoms with Gasteiger partial charge in [-0.1, -0.05) is 17.7 Å². The van der Waals surface area contributed by atoms with Crippen LogP contribution < -0.4 is 14.8 Å². The predicted octanol–water partition coefficient (Wildman–Crippen LogP) is 3.47. The number of rotatable bonds is 6. The standard InChI is InChI=1S/C17H18ClNO3/c1-12-3-8-15(16(11-12)21-2)22-10-9-19-17(20)13-4-6-14(18)7-5-13/h3-8,11H,9-10H2,1-2H3,(H,19,20). The molecule has 0 unspecified atom stereocenters. The van der Waals surface area contributed by atoms with Gasteiger partial charge in [0.05, 0.1) is 13.7 Å². The van der Waals surface area contributed by atoms with E-state index in [1.54, 1.807) is 31.4 Å². The Morgan fingerprint density at radius 2 is 1.86 bits per heavy atom. The second-order valence-corrected chi connectivity index (χ2v) is 5.20. The zero-order valence-electron chi connectivity index (χ0n) is 12.6. The average molecular weight is 320 g/mol. The number of carbonyl (C=O) groups excluding carboxylic acids is 1. The molecule has 2 aromatic rings. The molecular weight excluding hydrogens is 302 g/mol. The molecule has 4 nitrogen and oxygen atoms in total. The van der Waals surface area contributed by atoms with Crippen LogP contribution in [0.1, 0.15) is 15.9 Å². The highest BCUT2D eigenvalue weighted by molar-refractivity contribution is 6.30. The zero-order chi connectivity index (χ0) is 15.9. The molecule has 5 heteroatoms. The van der Waals surface area contributed by atoms with E-state index in [-0.39, 0.29) is 5.91 Å². The number of ether oxygens (including phenoxy) is 2. The summed E-state index contributed by atoms with van der Waals surface area (Å²) in [4.78, 5) is 11.9. The van der Waals surface area contributed by atoms with Crippen molar-refractivity contribution in [1.29, 1.82) is 0 Å². The molecule has 1 amide bonds. The van der Waals surface area contributed by atoms with Gasteiger partial charge in [-0.05, 0) is 48.9 Å². The Labute approximate surface area is 135 Å². The SMILES string of the molecule is COc1cc(C)ccc1OCCNC(=O)c1ccc(Cl)cc1. The molecule has 22 heavy (non-hydrogen) atoms. The van der Waals surface area contributed by atoms with Crippen molar-refractivity contribution in [3.63, 3.8) is 0 Å². The quantitative estimate of drug-likeness (QED) is 0.829. The molecule has 0 fully saturated rings. The fraction of sp³-hybridized carbons (Fsp3) is 0.235. The van der Waals surface area contributed by atoms with E-state index in [1.165, 1.54) is 0 Å². The Morgan fingerprint density at radius 3 is 2.55 bits per heavy atom. The topological polar surface area (TPSA) is 47.6 Å². The molecule has 1 N–H and O–H groups in total.